The van der Waals surface area contributed by atoms with Gasteiger partial charge in [-0.2, -0.15) is 0 Å². The molecular formula is C18H19FN4O4. The zero-order valence-corrected chi connectivity index (χ0v) is 14.6. The minimum absolute atomic E-state index is 0.0307. The van der Waals surface area contributed by atoms with Crippen LogP contribution >= 0.6 is 0 Å². The summed E-state index contributed by atoms with van der Waals surface area (Å²) in [5.41, 5.74) is -0.797. The highest BCUT2D eigenvalue weighted by atomic mass is 19.1. The van der Waals surface area contributed by atoms with E-state index in [1.54, 1.807) is 14.7 Å². The molecule has 142 valence electrons. The molecular weight excluding hydrogens is 355 g/mol. The third kappa shape index (κ3) is 2.48. The van der Waals surface area contributed by atoms with Crippen molar-refractivity contribution in [3.8, 4) is 0 Å². The van der Waals surface area contributed by atoms with Crippen molar-refractivity contribution in [1.29, 1.82) is 0 Å². The Hall–Kier alpha value is -2.71. The number of hydrogen-bond acceptors (Lipinski definition) is 5. The molecule has 4 heterocycles. The second-order valence-corrected chi connectivity index (χ2v) is 7.72. The van der Waals surface area contributed by atoms with Crippen LogP contribution in [0.3, 0.4) is 0 Å². The van der Waals surface area contributed by atoms with E-state index in [4.69, 9.17) is 4.74 Å². The summed E-state index contributed by atoms with van der Waals surface area (Å²) in [5.74, 6) is -0.843. The van der Waals surface area contributed by atoms with Crippen LogP contribution in [0.1, 0.15) is 23.2 Å². The fourth-order valence-corrected chi connectivity index (χ4v) is 4.28. The van der Waals surface area contributed by atoms with Crippen molar-refractivity contribution in [2.75, 3.05) is 32.7 Å². The molecule has 1 saturated carbocycles. The van der Waals surface area contributed by atoms with Crippen LogP contribution in [0.5, 0.6) is 0 Å². The molecule has 4 aliphatic rings. The Morgan fingerprint density at radius 3 is 2.70 bits per heavy atom. The lowest BCUT2D eigenvalue weighted by atomic mass is 9.84. The SMILES string of the molecule is O=C(c1ccncc1F)N1CCN2C(=O)OC3(CN(C(=O)C4CC4)C3)C2C1. The van der Waals surface area contributed by atoms with Crippen molar-refractivity contribution in [3.05, 3.63) is 29.8 Å². The number of pyridine rings is 1. The Bertz CT molecular complexity index is 836. The number of fused-ring (bicyclic) bond motifs is 2. The molecule has 0 N–H and O–H groups in total. The summed E-state index contributed by atoms with van der Waals surface area (Å²) < 4.78 is 19.6. The average Bonchev–Trinajstić information content (AvgIpc) is 3.44. The third-order valence-corrected chi connectivity index (χ3v) is 5.96. The molecule has 8 nitrogen and oxygen atoms in total. The molecule has 0 aromatic carbocycles. The quantitative estimate of drug-likeness (QED) is 0.752. The van der Waals surface area contributed by atoms with Crippen LogP contribution in [-0.4, -0.2) is 82.0 Å². The monoisotopic (exact) mass is 374 g/mol. The number of halogens is 1. The van der Waals surface area contributed by atoms with Crippen LogP contribution in [-0.2, 0) is 9.53 Å². The first-order chi connectivity index (χ1) is 13.0. The molecule has 0 radical (unpaired) electrons. The van der Waals surface area contributed by atoms with Gasteiger partial charge in [0.2, 0.25) is 5.91 Å². The second kappa shape index (κ2) is 5.64. The number of hydrogen-bond donors (Lipinski definition) is 0. The van der Waals surface area contributed by atoms with E-state index in [1.165, 1.54) is 12.3 Å². The van der Waals surface area contributed by atoms with Gasteiger partial charge in [-0.1, -0.05) is 0 Å². The number of amides is 3. The first kappa shape index (κ1) is 16.5. The molecule has 1 atom stereocenters. The van der Waals surface area contributed by atoms with E-state index in [0.717, 1.165) is 19.0 Å². The molecule has 0 bridgehead atoms. The van der Waals surface area contributed by atoms with Crippen molar-refractivity contribution < 1.29 is 23.5 Å². The predicted octanol–water partition coefficient (Wildman–Crippen LogP) is 0.488. The van der Waals surface area contributed by atoms with E-state index in [-0.39, 0.29) is 30.0 Å². The maximum absolute atomic E-state index is 13.9. The molecule has 5 rings (SSSR count). The molecule has 3 aliphatic heterocycles. The van der Waals surface area contributed by atoms with Crippen LogP contribution in [0.4, 0.5) is 9.18 Å². The highest BCUT2D eigenvalue weighted by Gasteiger charge is 2.63. The lowest BCUT2D eigenvalue weighted by Crippen LogP contribution is -2.72. The smallest absolute Gasteiger partial charge is 0.411 e. The normalized spacial score (nSPS) is 25.9. The summed E-state index contributed by atoms with van der Waals surface area (Å²) >= 11 is 0. The minimum atomic E-state index is -0.766. The number of aromatic nitrogens is 1. The molecule has 27 heavy (non-hydrogen) atoms. The van der Waals surface area contributed by atoms with E-state index in [2.05, 4.69) is 4.98 Å². The zero-order valence-electron chi connectivity index (χ0n) is 14.6. The maximum atomic E-state index is 13.9. The van der Waals surface area contributed by atoms with Gasteiger partial charge in [-0.05, 0) is 18.9 Å². The van der Waals surface area contributed by atoms with Crippen LogP contribution in [0.25, 0.3) is 0 Å². The standard InChI is InChI=1S/C18H19FN4O4/c19-13-7-20-4-3-12(13)16(25)21-5-6-23-14(8-21)18(27-17(23)26)9-22(10-18)15(24)11-1-2-11/h3-4,7,11,14H,1-2,5-6,8-10H2. The Morgan fingerprint density at radius 2 is 2.00 bits per heavy atom. The van der Waals surface area contributed by atoms with Gasteiger partial charge >= 0.3 is 6.09 Å². The number of carbonyl (C=O) groups excluding carboxylic acids is 3. The molecule has 1 spiro atoms. The summed E-state index contributed by atoms with van der Waals surface area (Å²) in [7, 11) is 0. The van der Waals surface area contributed by atoms with Crippen LogP contribution in [0.15, 0.2) is 18.5 Å². The van der Waals surface area contributed by atoms with Gasteiger partial charge in [0.15, 0.2) is 11.4 Å². The van der Waals surface area contributed by atoms with Gasteiger partial charge in [0.05, 0.1) is 30.9 Å². The Kier molecular flexibility index (Phi) is 3.44. The second-order valence-electron chi connectivity index (χ2n) is 7.72. The molecule has 1 aliphatic carbocycles. The summed E-state index contributed by atoms with van der Waals surface area (Å²) in [6.45, 7) is 1.63. The van der Waals surface area contributed by atoms with Gasteiger partial charge in [-0.3, -0.25) is 19.5 Å². The van der Waals surface area contributed by atoms with Crippen LogP contribution < -0.4 is 0 Å². The van der Waals surface area contributed by atoms with E-state index < -0.39 is 23.4 Å². The van der Waals surface area contributed by atoms with Gasteiger partial charge in [0.25, 0.3) is 5.91 Å². The zero-order chi connectivity index (χ0) is 18.8. The van der Waals surface area contributed by atoms with E-state index in [9.17, 15) is 18.8 Å². The summed E-state index contributed by atoms with van der Waals surface area (Å²) in [6, 6.07) is 1.03. The third-order valence-electron chi connectivity index (χ3n) is 5.96. The number of rotatable bonds is 2. The van der Waals surface area contributed by atoms with Gasteiger partial charge in [0, 0.05) is 31.7 Å². The van der Waals surface area contributed by atoms with Crippen molar-refractivity contribution in [2.45, 2.75) is 24.5 Å². The van der Waals surface area contributed by atoms with E-state index in [0.29, 0.717) is 26.2 Å². The highest BCUT2D eigenvalue weighted by molar-refractivity contribution is 5.94. The summed E-state index contributed by atoms with van der Waals surface area (Å²) in [6.07, 6.45) is 3.85. The number of carbonyl (C=O) groups is 3. The molecule has 1 aromatic heterocycles. The predicted molar refractivity (Wildman–Crippen MR) is 89.1 cm³/mol. The van der Waals surface area contributed by atoms with Crippen molar-refractivity contribution in [1.82, 2.24) is 19.7 Å². The fraction of sp³-hybridized carbons (Fsp3) is 0.556. The first-order valence-corrected chi connectivity index (χ1v) is 9.16. The molecule has 1 unspecified atom stereocenters. The van der Waals surface area contributed by atoms with Crippen molar-refractivity contribution in [2.24, 2.45) is 5.92 Å². The molecule has 9 heteroatoms. The minimum Gasteiger partial charge on any atom is -0.437 e. The van der Waals surface area contributed by atoms with Crippen molar-refractivity contribution in [3.63, 3.8) is 0 Å². The Labute approximate surface area is 154 Å². The maximum Gasteiger partial charge on any atom is 0.411 e. The fourth-order valence-electron chi connectivity index (χ4n) is 4.28. The first-order valence-electron chi connectivity index (χ1n) is 9.16. The lowest BCUT2D eigenvalue weighted by Gasteiger charge is -2.51. The van der Waals surface area contributed by atoms with Crippen LogP contribution in [0, 0.1) is 11.7 Å². The lowest BCUT2D eigenvalue weighted by molar-refractivity contribution is -0.156. The number of piperazine rings is 1. The number of likely N-dealkylation sites (tertiary alicyclic amines) is 1. The Balaban J connectivity index is 1.33. The summed E-state index contributed by atoms with van der Waals surface area (Å²) in [4.78, 5) is 45.8. The van der Waals surface area contributed by atoms with Crippen LogP contribution in [0.2, 0.25) is 0 Å². The van der Waals surface area contributed by atoms with E-state index >= 15 is 0 Å². The molecule has 4 fully saturated rings. The van der Waals surface area contributed by atoms with Gasteiger partial charge in [0.1, 0.15) is 0 Å². The van der Waals surface area contributed by atoms with Gasteiger partial charge in [-0.15, -0.1) is 0 Å². The van der Waals surface area contributed by atoms with Crippen molar-refractivity contribution >= 4 is 17.9 Å². The molecule has 1 aromatic rings. The summed E-state index contributed by atoms with van der Waals surface area (Å²) in [5, 5.41) is 0. The topological polar surface area (TPSA) is 83.1 Å². The highest BCUT2D eigenvalue weighted by Crippen LogP contribution is 2.42. The average molecular weight is 374 g/mol. The Morgan fingerprint density at radius 1 is 1.22 bits per heavy atom. The van der Waals surface area contributed by atoms with E-state index in [1.807, 2.05) is 0 Å². The van der Waals surface area contributed by atoms with Gasteiger partial charge in [-0.25, -0.2) is 9.18 Å². The number of nitrogens with zero attached hydrogens (tertiary/aromatic N) is 4. The largest absolute Gasteiger partial charge is 0.437 e. The van der Waals surface area contributed by atoms with Gasteiger partial charge < -0.3 is 14.5 Å². The molecule has 3 amide bonds. The number of ether oxygens (including phenoxy) is 1. The molecule has 3 saturated heterocycles.